The molecule has 0 saturated heterocycles. The van der Waals surface area contributed by atoms with Crippen LogP contribution in [0.1, 0.15) is 11.1 Å². The van der Waals surface area contributed by atoms with Crippen LogP contribution in [0.4, 0.5) is 0 Å². The molecule has 0 bridgehead atoms. The molecule has 0 spiro atoms. The lowest BCUT2D eigenvalue weighted by Gasteiger charge is -2.04. The van der Waals surface area contributed by atoms with Gasteiger partial charge in [-0.15, -0.1) is 11.6 Å². The minimum absolute atomic E-state index is 0.444. The largest absolute Gasteiger partial charge is 0.496 e. The third-order valence-electron chi connectivity index (χ3n) is 1.75. The second kappa shape index (κ2) is 5.31. The quantitative estimate of drug-likeness (QED) is 0.714. The molecule has 1 aromatic carbocycles. The molecule has 1 rings (SSSR count). The lowest BCUT2D eigenvalue weighted by molar-refractivity contribution is 0.414. The fourth-order valence-corrected chi connectivity index (χ4v) is 1.19. The van der Waals surface area contributed by atoms with E-state index in [2.05, 4.69) is 6.07 Å². The number of benzene rings is 1. The number of ether oxygens (including phenoxy) is 1. The first-order chi connectivity index (χ1) is 6.81. The van der Waals surface area contributed by atoms with E-state index < -0.39 is 0 Å². The summed E-state index contributed by atoms with van der Waals surface area (Å²) in [5.41, 5.74) is 1.48. The van der Waals surface area contributed by atoms with Crippen LogP contribution in [0, 0.1) is 11.3 Å². The number of methoxy groups -OCH3 is 1. The maximum atomic E-state index is 8.71. The predicted octanol–water partition coefficient (Wildman–Crippen LogP) is 2.82. The van der Waals surface area contributed by atoms with E-state index in [0.717, 1.165) is 11.3 Å². The van der Waals surface area contributed by atoms with Crippen LogP contribution in [-0.4, -0.2) is 13.0 Å². The maximum Gasteiger partial charge on any atom is 0.126 e. The summed E-state index contributed by atoms with van der Waals surface area (Å²) in [6.07, 6.45) is 3.65. The fourth-order valence-electron chi connectivity index (χ4n) is 1.11. The molecule has 0 aliphatic heterocycles. The van der Waals surface area contributed by atoms with Crippen LogP contribution in [0.25, 0.3) is 6.08 Å². The molecule has 0 radical (unpaired) electrons. The zero-order valence-electron chi connectivity index (χ0n) is 7.83. The van der Waals surface area contributed by atoms with Gasteiger partial charge < -0.3 is 4.74 Å². The van der Waals surface area contributed by atoms with Crippen LogP contribution in [0.3, 0.4) is 0 Å². The number of hydrogen-bond donors (Lipinski definition) is 0. The second-order valence-electron chi connectivity index (χ2n) is 2.63. The van der Waals surface area contributed by atoms with Crippen molar-refractivity contribution in [1.29, 1.82) is 5.26 Å². The average molecular weight is 208 g/mol. The topological polar surface area (TPSA) is 33.0 Å². The van der Waals surface area contributed by atoms with E-state index in [1.54, 1.807) is 31.4 Å². The van der Waals surface area contributed by atoms with Crippen molar-refractivity contribution in [2.45, 2.75) is 0 Å². The molecule has 0 aliphatic carbocycles. The SMILES string of the molecule is COc1ccc(C#N)cc1C=CCCl. The number of rotatable bonds is 3. The summed E-state index contributed by atoms with van der Waals surface area (Å²) in [5.74, 6) is 1.19. The molecule has 72 valence electrons. The van der Waals surface area contributed by atoms with Crippen molar-refractivity contribution < 1.29 is 4.74 Å². The van der Waals surface area contributed by atoms with Crippen molar-refractivity contribution in [2.75, 3.05) is 13.0 Å². The summed E-state index contributed by atoms with van der Waals surface area (Å²) < 4.78 is 5.14. The van der Waals surface area contributed by atoms with Crippen LogP contribution in [0.15, 0.2) is 24.3 Å². The summed E-state index contributed by atoms with van der Waals surface area (Å²) in [5, 5.41) is 8.71. The highest BCUT2D eigenvalue weighted by Gasteiger charge is 2.00. The van der Waals surface area contributed by atoms with E-state index in [1.165, 1.54) is 0 Å². The summed E-state index contributed by atoms with van der Waals surface area (Å²) in [6.45, 7) is 0. The van der Waals surface area contributed by atoms with E-state index in [0.29, 0.717) is 11.4 Å². The molecular formula is C11H10ClNO. The molecule has 0 saturated carbocycles. The number of hydrogen-bond acceptors (Lipinski definition) is 2. The Morgan fingerprint density at radius 1 is 1.57 bits per heavy atom. The van der Waals surface area contributed by atoms with E-state index in [1.807, 2.05) is 6.08 Å². The first-order valence-electron chi connectivity index (χ1n) is 4.12. The highest BCUT2D eigenvalue weighted by Crippen LogP contribution is 2.20. The molecule has 0 fully saturated rings. The molecule has 0 heterocycles. The Labute approximate surface area is 88.4 Å². The zero-order chi connectivity index (χ0) is 10.4. The first-order valence-corrected chi connectivity index (χ1v) is 4.66. The Bertz CT molecular complexity index is 379. The van der Waals surface area contributed by atoms with Gasteiger partial charge in [0.15, 0.2) is 0 Å². The van der Waals surface area contributed by atoms with Gasteiger partial charge in [0.25, 0.3) is 0 Å². The summed E-state index contributed by atoms with van der Waals surface area (Å²) >= 11 is 5.53. The Hall–Kier alpha value is -1.46. The number of allylic oxidation sites excluding steroid dienone is 1. The van der Waals surface area contributed by atoms with Gasteiger partial charge in [0.05, 0.1) is 18.7 Å². The van der Waals surface area contributed by atoms with Crippen molar-refractivity contribution in [2.24, 2.45) is 0 Å². The molecule has 0 atom stereocenters. The standard InChI is InChI=1S/C11H10ClNO/c1-14-11-5-4-9(8-13)7-10(11)3-2-6-12/h2-5,7H,6H2,1H3. The van der Waals surface area contributed by atoms with Gasteiger partial charge in [-0.3, -0.25) is 0 Å². The van der Waals surface area contributed by atoms with Crippen LogP contribution in [-0.2, 0) is 0 Å². The zero-order valence-corrected chi connectivity index (χ0v) is 8.58. The van der Waals surface area contributed by atoms with Gasteiger partial charge in [0.1, 0.15) is 5.75 Å². The molecule has 0 unspecified atom stereocenters. The maximum absolute atomic E-state index is 8.71. The van der Waals surface area contributed by atoms with Gasteiger partial charge in [0, 0.05) is 11.4 Å². The molecule has 2 nitrogen and oxygen atoms in total. The normalized spacial score (nSPS) is 10.1. The minimum Gasteiger partial charge on any atom is -0.496 e. The number of nitrogens with zero attached hydrogens (tertiary/aromatic N) is 1. The van der Waals surface area contributed by atoms with E-state index in [9.17, 15) is 0 Å². The van der Waals surface area contributed by atoms with Gasteiger partial charge in [-0.25, -0.2) is 0 Å². The molecule has 0 amide bonds. The van der Waals surface area contributed by atoms with E-state index in [4.69, 9.17) is 21.6 Å². The van der Waals surface area contributed by atoms with Crippen molar-refractivity contribution in [3.63, 3.8) is 0 Å². The van der Waals surface area contributed by atoms with Gasteiger partial charge in [-0.1, -0.05) is 12.2 Å². The third-order valence-corrected chi connectivity index (χ3v) is 1.92. The van der Waals surface area contributed by atoms with E-state index in [-0.39, 0.29) is 0 Å². The fraction of sp³-hybridized carbons (Fsp3) is 0.182. The Balaban J connectivity index is 3.10. The summed E-state index contributed by atoms with van der Waals surface area (Å²) in [7, 11) is 1.60. The Morgan fingerprint density at radius 2 is 2.36 bits per heavy atom. The third kappa shape index (κ3) is 2.51. The lowest BCUT2D eigenvalue weighted by Crippen LogP contribution is -1.87. The van der Waals surface area contributed by atoms with Crippen LogP contribution < -0.4 is 4.74 Å². The van der Waals surface area contributed by atoms with Gasteiger partial charge in [0.2, 0.25) is 0 Å². The number of alkyl halides is 1. The highest BCUT2D eigenvalue weighted by molar-refractivity contribution is 6.19. The molecule has 0 N–H and O–H groups in total. The van der Waals surface area contributed by atoms with Gasteiger partial charge >= 0.3 is 0 Å². The molecule has 1 aromatic rings. The van der Waals surface area contributed by atoms with Gasteiger partial charge in [-0.2, -0.15) is 5.26 Å². The summed E-state index contributed by atoms with van der Waals surface area (Å²) in [4.78, 5) is 0. The molecule has 3 heteroatoms. The van der Waals surface area contributed by atoms with Crippen LogP contribution in [0.5, 0.6) is 5.75 Å². The predicted molar refractivity (Wildman–Crippen MR) is 57.5 cm³/mol. The highest BCUT2D eigenvalue weighted by atomic mass is 35.5. The van der Waals surface area contributed by atoms with Crippen LogP contribution in [0.2, 0.25) is 0 Å². The Morgan fingerprint density at radius 3 is 2.93 bits per heavy atom. The molecule has 14 heavy (non-hydrogen) atoms. The monoisotopic (exact) mass is 207 g/mol. The number of nitriles is 1. The van der Waals surface area contributed by atoms with Crippen molar-refractivity contribution in [3.05, 3.63) is 35.4 Å². The van der Waals surface area contributed by atoms with Crippen LogP contribution >= 0.6 is 11.6 Å². The average Bonchev–Trinajstić information content (AvgIpc) is 2.25. The summed E-state index contributed by atoms with van der Waals surface area (Å²) in [6, 6.07) is 7.33. The van der Waals surface area contributed by atoms with E-state index >= 15 is 0 Å². The minimum atomic E-state index is 0.444. The lowest BCUT2D eigenvalue weighted by atomic mass is 10.1. The molecular weight excluding hydrogens is 198 g/mol. The number of halogens is 1. The van der Waals surface area contributed by atoms with Crippen molar-refractivity contribution in [3.8, 4) is 11.8 Å². The smallest absolute Gasteiger partial charge is 0.126 e. The molecule has 0 aromatic heterocycles. The Kier molecular flexibility index (Phi) is 4.03. The molecule has 0 aliphatic rings. The van der Waals surface area contributed by atoms with Gasteiger partial charge in [-0.05, 0) is 18.2 Å². The van der Waals surface area contributed by atoms with Crippen molar-refractivity contribution >= 4 is 17.7 Å². The first kappa shape index (κ1) is 10.6. The van der Waals surface area contributed by atoms with Crippen molar-refractivity contribution in [1.82, 2.24) is 0 Å². The second-order valence-corrected chi connectivity index (χ2v) is 2.93.